The fourth-order valence-electron chi connectivity index (χ4n) is 3.42. The summed E-state index contributed by atoms with van der Waals surface area (Å²) in [6.45, 7) is 2.26. The van der Waals surface area contributed by atoms with Gasteiger partial charge >= 0.3 is 0 Å². The SMILES string of the molecule is CCCCCCCCCCCCCCCCSC1=CC(=O)C(C#N)=C(C#N)C1=O. The van der Waals surface area contributed by atoms with Gasteiger partial charge in [-0.3, -0.25) is 9.59 Å². The van der Waals surface area contributed by atoms with E-state index >= 15 is 0 Å². The second-order valence-electron chi connectivity index (χ2n) is 7.62. The van der Waals surface area contributed by atoms with Gasteiger partial charge in [0.25, 0.3) is 0 Å². The second kappa shape index (κ2) is 16.0. The van der Waals surface area contributed by atoms with Crippen molar-refractivity contribution in [2.24, 2.45) is 0 Å². The van der Waals surface area contributed by atoms with Crippen molar-refractivity contribution >= 4 is 23.3 Å². The number of carbonyl (C=O) groups excluding carboxylic acids is 2. The molecule has 0 fully saturated rings. The molecule has 4 nitrogen and oxygen atoms in total. The number of allylic oxidation sites excluding steroid dienone is 4. The van der Waals surface area contributed by atoms with Gasteiger partial charge in [0.05, 0.1) is 4.91 Å². The first-order valence-electron chi connectivity index (χ1n) is 11.1. The molecule has 0 amide bonds. The summed E-state index contributed by atoms with van der Waals surface area (Å²) in [6, 6.07) is 3.36. The van der Waals surface area contributed by atoms with Gasteiger partial charge in [0.1, 0.15) is 23.3 Å². The Kier molecular flexibility index (Phi) is 13.9. The lowest BCUT2D eigenvalue weighted by molar-refractivity contribution is -0.114. The van der Waals surface area contributed by atoms with Crippen LogP contribution in [0.5, 0.6) is 0 Å². The van der Waals surface area contributed by atoms with Crippen LogP contribution in [-0.2, 0) is 9.59 Å². The Morgan fingerprint density at radius 2 is 1.17 bits per heavy atom. The largest absolute Gasteiger partial charge is 0.288 e. The summed E-state index contributed by atoms with van der Waals surface area (Å²) in [5.41, 5.74) is -0.651. The maximum atomic E-state index is 12.2. The minimum absolute atomic E-state index is 0.292. The standard InChI is InChI=1S/C24H34N2O2S/c1-2-3-4-5-6-7-8-9-10-11-12-13-14-15-16-29-23-17-22(27)20(18-25)21(19-26)24(23)28/h17H,2-16H2,1H3. The first-order chi connectivity index (χ1) is 14.2. The number of ketones is 2. The molecule has 1 rings (SSSR count). The number of nitriles is 2. The molecular weight excluding hydrogens is 380 g/mol. The fourth-order valence-corrected chi connectivity index (χ4v) is 4.41. The molecule has 0 atom stereocenters. The summed E-state index contributed by atoms with van der Waals surface area (Å²) >= 11 is 1.32. The smallest absolute Gasteiger partial charge is 0.211 e. The highest BCUT2D eigenvalue weighted by Crippen LogP contribution is 2.27. The Balaban J connectivity index is 2.02. The molecule has 0 bridgehead atoms. The normalized spacial score (nSPS) is 14.0. The lowest BCUT2D eigenvalue weighted by Gasteiger charge is -2.10. The third-order valence-electron chi connectivity index (χ3n) is 5.19. The van der Waals surface area contributed by atoms with Gasteiger partial charge in [0.15, 0.2) is 5.78 Å². The zero-order valence-corrected chi connectivity index (χ0v) is 18.6. The van der Waals surface area contributed by atoms with Gasteiger partial charge in [-0.05, 0) is 12.2 Å². The topological polar surface area (TPSA) is 81.7 Å². The van der Waals surface area contributed by atoms with Gasteiger partial charge in [0, 0.05) is 6.08 Å². The van der Waals surface area contributed by atoms with Crippen LogP contribution in [0.4, 0.5) is 0 Å². The number of hydrogen-bond donors (Lipinski definition) is 0. The van der Waals surface area contributed by atoms with E-state index in [9.17, 15) is 9.59 Å². The predicted octanol–water partition coefficient (Wildman–Crippen LogP) is 6.58. The lowest BCUT2D eigenvalue weighted by atomic mass is 9.97. The van der Waals surface area contributed by atoms with E-state index in [0.29, 0.717) is 4.91 Å². The van der Waals surface area contributed by atoms with Crippen molar-refractivity contribution in [3.05, 3.63) is 22.1 Å². The van der Waals surface area contributed by atoms with Crippen LogP contribution in [0.2, 0.25) is 0 Å². The molecule has 1 aliphatic rings. The molecule has 0 aromatic carbocycles. The summed E-state index contributed by atoms with van der Waals surface area (Å²) in [5.74, 6) is -0.269. The fraction of sp³-hybridized carbons (Fsp3) is 0.667. The van der Waals surface area contributed by atoms with E-state index in [0.717, 1.165) is 18.6 Å². The summed E-state index contributed by atoms with van der Waals surface area (Å²) in [7, 11) is 0. The molecule has 0 heterocycles. The summed E-state index contributed by atoms with van der Waals surface area (Å²) in [5, 5.41) is 17.9. The molecule has 0 unspecified atom stereocenters. The minimum atomic E-state index is -0.535. The first kappa shape index (κ1) is 25.2. The number of hydrogen-bond acceptors (Lipinski definition) is 5. The number of nitrogens with zero attached hydrogens (tertiary/aromatic N) is 2. The molecule has 5 heteroatoms. The number of rotatable bonds is 16. The maximum absolute atomic E-state index is 12.2. The maximum Gasteiger partial charge on any atom is 0.211 e. The minimum Gasteiger partial charge on any atom is -0.288 e. The molecule has 0 spiro atoms. The molecule has 0 aliphatic heterocycles. The van der Waals surface area contributed by atoms with Gasteiger partial charge < -0.3 is 0 Å². The molecule has 1 aliphatic carbocycles. The van der Waals surface area contributed by atoms with E-state index in [2.05, 4.69) is 6.92 Å². The highest BCUT2D eigenvalue weighted by molar-refractivity contribution is 8.04. The van der Waals surface area contributed by atoms with E-state index in [-0.39, 0.29) is 11.1 Å². The highest BCUT2D eigenvalue weighted by atomic mass is 32.2. The van der Waals surface area contributed by atoms with Crippen LogP contribution in [-0.4, -0.2) is 17.3 Å². The van der Waals surface area contributed by atoms with Gasteiger partial charge in [0.2, 0.25) is 5.78 Å². The highest BCUT2D eigenvalue weighted by Gasteiger charge is 2.28. The Bertz CT molecular complexity index is 680. The molecule has 0 aromatic heterocycles. The quantitative estimate of drug-likeness (QED) is 0.210. The van der Waals surface area contributed by atoms with E-state index in [1.54, 1.807) is 12.1 Å². The van der Waals surface area contributed by atoms with Crippen LogP contribution in [0.1, 0.15) is 96.8 Å². The predicted molar refractivity (Wildman–Crippen MR) is 119 cm³/mol. The Labute approximate surface area is 180 Å². The van der Waals surface area contributed by atoms with Crippen LogP contribution in [0.15, 0.2) is 22.1 Å². The van der Waals surface area contributed by atoms with Crippen molar-refractivity contribution in [3.63, 3.8) is 0 Å². The monoisotopic (exact) mass is 414 g/mol. The molecule has 29 heavy (non-hydrogen) atoms. The van der Waals surface area contributed by atoms with Crippen molar-refractivity contribution in [1.29, 1.82) is 10.5 Å². The summed E-state index contributed by atoms with van der Waals surface area (Å²) in [4.78, 5) is 24.3. The Morgan fingerprint density at radius 1 is 0.724 bits per heavy atom. The summed E-state index contributed by atoms with van der Waals surface area (Å²) in [6.07, 6.45) is 19.4. The number of Topliss-reactive ketones (excluding diaryl/α,β-unsaturated/α-hetero) is 1. The number of thioether (sulfide) groups is 1. The van der Waals surface area contributed by atoms with Crippen LogP contribution < -0.4 is 0 Å². The van der Waals surface area contributed by atoms with Crippen LogP contribution in [0, 0.1) is 22.7 Å². The lowest BCUT2D eigenvalue weighted by Crippen LogP contribution is -2.16. The van der Waals surface area contributed by atoms with Crippen LogP contribution in [0.3, 0.4) is 0 Å². The molecule has 0 N–H and O–H groups in total. The van der Waals surface area contributed by atoms with E-state index in [1.165, 1.54) is 94.9 Å². The van der Waals surface area contributed by atoms with Gasteiger partial charge in [-0.1, -0.05) is 90.4 Å². The van der Waals surface area contributed by atoms with Crippen molar-refractivity contribution < 1.29 is 9.59 Å². The number of unbranched alkanes of at least 4 members (excludes halogenated alkanes) is 13. The van der Waals surface area contributed by atoms with Crippen LogP contribution in [0.25, 0.3) is 0 Å². The van der Waals surface area contributed by atoms with E-state index < -0.39 is 11.6 Å². The van der Waals surface area contributed by atoms with E-state index in [4.69, 9.17) is 10.5 Å². The summed E-state index contributed by atoms with van der Waals surface area (Å²) < 4.78 is 0. The average molecular weight is 415 g/mol. The van der Waals surface area contributed by atoms with Gasteiger partial charge in [-0.15, -0.1) is 11.8 Å². The zero-order valence-electron chi connectivity index (χ0n) is 17.8. The van der Waals surface area contributed by atoms with Crippen LogP contribution >= 0.6 is 11.8 Å². The second-order valence-corrected chi connectivity index (χ2v) is 8.76. The first-order valence-corrected chi connectivity index (χ1v) is 12.1. The zero-order chi connectivity index (χ0) is 21.3. The molecule has 0 aromatic rings. The van der Waals surface area contributed by atoms with Crippen molar-refractivity contribution in [3.8, 4) is 12.1 Å². The van der Waals surface area contributed by atoms with Gasteiger partial charge in [-0.2, -0.15) is 10.5 Å². The molecule has 158 valence electrons. The van der Waals surface area contributed by atoms with Crippen molar-refractivity contribution in [2.45, 2.75) is 96.8 Å². The van der Waals surface area contributed by atoms with E-state index in [1.807, 2.05) is 0 Å². The third kappa shape index (κ3) is 9.95. The molecule has 0 radical (unpaired) electrons. The van der Waals surface area contributed by atoms with Crippen molar-refractivity contribution in [2.75, 3.05) is 5.75 Å². The van der Waals surface area contributed by atoms with Crippen molar-refractivity contribution in [1.82, 2.24) is 0 Å². The molecule has 0 saturated carbocycles. The Morgan fingerprint density at radius 3 is 1.62 bits per heavy atom. The van der Waals surface area contributed by atoms with Gasteiger partial charge in [-0.25, -0.2) is 0 Å². The Hall–Kier alpha value is -1.85. The molecule has 0 saturated heterocycles. The molecular formula is C24H34N2O2S. The number of carbonyl (C=O) groups is 2. The average Bonchev–Trinajstić information content (AvgIpc) is 2.72. The third-order valence-corrected chi connectivity index (χ3v) is 6.30.